The minimum absolute atomic E-state index is 0.00387. The van der Waals surface area contributed by atoms with Gasteiger partial charge in [0.2, 0.25) is 0 Å². The van der Waals surface area contributed by atoms with Gasteiger partial charge >= 0.3 is 23.7 Å². The molecule has 196 valence electrons. The van der Waals surface area contributed by atoms with Crippen LogP contribution in [0.15, 0.2) is 23.0 Å². The molecule has 0 saturated heterocycles. The fourth-order valence-electron chi connectivity index (χ4n) is 5.35. The molecule has 36 heavy (non-hydrogen) atoms. The first-order chi connectivity index (χ1) is 17.1. The van der Waals surface area contributed by atoms with Gasteiger partial charge in [-0.25, -0.2) is 14.0 Å². The van der Waals surface area contributed by atoms with Crippen LogP contribution in [0.1, 0.15) is 61.5 Å². The Hall–Kier alpha value is -3.11. The van der Waals surface area contributed by atoms with E-state index in [1.165, 1.54) is 11.7 Å². The molecule has 2 aromatic rings. The third kappa shape index (κ3) is 5.49. The number of alkyl halides is 3. The number of esters is 1. The normalized spacial score (nSPS) is 20.5. The van der Waals surface area contributed by atoms with Crippen LogP contribution in [0.25, 0.3) is 5.69 Å². The highest BCUT2D eigenvalue weighted by Crippen LogP contribution is 2.34. The summed E-state index contributed by atoms with van der Waals surface area (Å²) < 4.78 is 46.4. The number of hydrogen-bond donors (Lipinski definition) is 0. The zero-order valence-electron chi connectivity index (χ0n) is 20.5. The van der Waals surface area contributed by atoms with Crippen LogP contribution in [0.2, 0.25) is 0 Å². The number of rotatable bonds is 5. The molecule has 0 N–H and O–H groups in total. The third-order valence-electron chi connectivity index (χ3n) is 7.39. The fourth-order valence-corrected chi connectivity index (χ4v) is 5.35. The Morgan fingerprint density at radius 3 is 2.39 bits per heavy atom. The first-order valence-corrected chi connectivity index (χ1v) is 12.3. The molecule has 1 aromatic heterocycles. The quantitative estimate of drug-likeness (QED) is 0.577. The van der Waals surface area contributed by atoms with Gasteiger partial charge in [0.1, 0.15) is 5.82 Å². The Balaban J connectivity index is 1.47. The summed E-state index contributed by atoms with van der Waals surface area (Å²) in [5, 5.41) is 4.53. The van der Waals surface area contributed by atoms with Crippen LogP contribution in [0.3, 0.4) is 0 Å². The third-order valence-corrected chi connectivity index (χ3v) is 7.39. The van der Waals surface area contributed by atoms with Gasteiger partial charge in [0.25, 0.3) is 0 Å². The van der Waals surface area contributed by atoms with Crippen molar-refractivity contribution >= 4 is 11.9 Å². The van der Waals surface area contributed by atoms with Crippen molar-refractivity contribution in [1.82, 2.24) is 19.2 Å². The molecule has 2 heterocycles. The standard InChI is InChI=1S/C25H31F3N4O4/c1-16-29-32(20-7-3-17(4-8-20)5-10-22(33)36-2)24(35)31(16)21-9-6-18-11-13-30(14-12-19(18)15-21)23(34)25(26,27)28/h6,9,15,17,20H,3-5,7-8,10-14H2,1-2H3/t17-,20-. The second-order valence-corrected chi connectivity index (χ2v) is 9.64. The SMILES string of the molecule is COC(=O)CC[C@H]1CC[C@H](n2nc(C)n(-c3ccc4c(c3)CCN(C(=O)C(F)(F)F)CC4)c2=O)CC1. The van der Waals surface area contributed by atoms with Crippen LogP contribution in [-0.4, -0.2) is 57.5 Å². The van der Waals surface area contributed by atoms with Crippen molar-refractivity contribution in [2.75, 3.05) is 20.2 Å². The number of benzene rings is 1. The van der Waals surface area contributed by atoms with Crippen molar-refractivity contribution in [3.8, 4) is 5.69 Å². The summed E-state index contributed by atoms with van der Waals surface area (Å²) in [6.45, 7) is 1.74. The van der Waals surface area contributed by atoms with Crippen molar-refractivity contribution in [2.24, 2.45) is 5.92 Å². The molecule has 1 aromatic carbocycles. The van der Waals surface area contributed by atoms with E-state index < -0.39 is 12.1 Å². The van der Waals surface area contributed by atoms with Gasteiger partial charge in [0.15, 0.2) is 0 Å². The van der Waals surface area contributed by atoms with Gasteiger partial charge in [0, 0.05) is 19.5 Å². The minimum atomic E-state index is -4.89. The number of aryl methyl sites for hydroxylation is 1. The zero-order chi connectivity index (χ0) is 26.0. The maximum atomic E-state index is 13.3. The van der Waals surface area contributed by atoms with Crippen molar-refractivity contribution in [3.63, 3.8) is 0 Å². The number of methoxy groups -OCH3 is 1. The van der Waals surface area contributed by atoms with Crippen molar-refractivity contribution in [2.45, 2.75) is 70.5 Å². The number of halogens is 3. The highest BCUT2D eigenvalue weighted by molar-refractivity contribution is 5.82. The molecule has 2 aliphatic rings. The number of aromatic nitrogens is 3. The summed E-state index contributed by atoms with van der Waals surface area (Å²) in [5.74, 6) is -1.06. The molecule has 8 nitrogen and oxygen atoms in total. The van der Waals surface area contributed by atoms with Crippen molar-refractivity contribution < 1.29 is 27.5 Å². The lowest BCUT2D eigenvalue weighted by atomic mass is 9.83. The number of amides is 1. The second-order valence-electron chi connectivity index (χ2n) is 9.64. The summed E-state index contributed by atoms with van der Waals surface area (Å²) in [7, 11) is 1.39. The average molecular weight is 509 g/mol. The molecule has 1 amide bonds. The van der Waals surface area contributed by atoms with E-state index in [9.17, 15) is 27.6 Å². The Morgan fingerprint density at radius 1 is 1.08 bits per heavy atom. The van der Waals surface area contributed by atoms with Crippen LogP contribution < -0.4 is 5.69 Å². The molecule has 0 radical (unpaired) electrons. The first-order valence-electron chi connectivity index (χ1n) is 12.3. The van der Waals surface area contributed by atoms with Crippen molar-refractivity contribution in [3.05, 3.63) is 45.6 Å². The van der Waals surface area contributed by atoms with Gasteiger partial charge in [-0.2, -0.15) is 18.3 Å². The van der Waals surface area contributed by atoms with Crippen LogP contribution in [0, 0.1) is 12.8 Å². The Kier molecular flexibility index (Phi) is 7.56. The number of fused-ring (bicyclic) bond motifs is 1. The van der Waals surface area contributed by atoms with Crippen molar-refractivity contribution in [1.29, 1.82) is 0 Å². The molecule has 11 heteroatoms. The van der Waals surface area contributed by atoms with E-state index >= 15 is 0 Å². The van der Waals surface area contributed by atoms with Gasteiger partial charge in [-0.15, -0.1) is 0 Å². The molecule has 0 bridgehead atoms. The molecular weight excluding hydrogens is 477 g/mol. The summed E-state index contributed by atoms with van der Waals surface area (Å²) >= 11 is 0. The summed E-state index contributed by atoms with van der Waals surface area (Å²) in [6, 6.07) is 5.40. The Morgan fingerprint density at radius 2 is 1.75 bits per heavy atom. The van der Waals surface area contributed by atoms with Gasteiger partial charge in [-0.1, -0.05) is 6.07 Å². The second kappa shape index (κ2) is 10.5. The molecule has 0 unspecified atom stereocenters. The molecule has 0 spiro atoms. The van der Waals surface area contributed by atoms with E-state index in [0.717, 1.165) is 48.1 Å². The largest absolute Gasteiger partial charge is 0.471 e. The van der Waals surface area contributed by atoms with E-state index in [1.807, 2.05) is 12.1 Å². The number of carbonyl (C=O) groups is 2. The monoisotopic (exact) mass is 508 g/mol. The number of nitrogens with zero attached hydrogens (tertiary/aromatic N) is 4. The van der Waals surface area contributed by atoms with Gasteiger partial charge < -0.3 is 9.64 Å². The number of carbonyl (C=O) groups excluding carboxylic acids is 2. The molecule has 1 fully saturated rings. The topological polar surface area (TPSA) is 86.4 Å². The molecular formula is C25H31F3N4O4. The number of ether oxygens (including phenoxy) is 1. The van der Waals surface area contributed by atoms with E-state index in [-0.39, 0.29) is 37.2 Å². The average Bonchev–Trinajstić information content (AvgIpc) is 3.02. The minimum Gasteiger partial charge on any atom is -0.469 e. The molecule has 1 aliphatic carbocycles. The lowest BCUT2D eigenvalue weighted by molar-refractivity contribution is -0.185. The lowest BCUT2D eigenvalue weighted by Crippen LogP contribution is -2.42. The lowest BCUT2D eigenvalue weighted by Gasteiger charge is -2.27. The summed E-state index contributed by atoms with van der Waals surface area (Å²) in [5.41, 5.74) is 2.08. The van der Waals surface area contributed by atoms with Crippen LogP contribution in [0.5, 0.6) is 0 Å². The van der Waals surface area contributed by atoms with Gasteiger partial charge in [-0.05, 0) is 81.0 Å². The predicted octanol–water partition coefficient (Wildman–Crippen LogP) is 3.52. The molecule has 1 saturated carbocycles. The van der Waals surface area contributed by atoms with E-state index in [4.69, 9.17) is 4.74 Å². The van der Waals surface area contributed by atoms with Crippen LogP contribution in [0.4, 0.5) is 13.2 Å². The Bertz CT molecular complexity index is 1180. The van der Waals surface area contributed by atoms with Crippen LogP contribution in [-0.2, 0) is 27.2 Å². The van der Waals surface area contributed by atoms with E-state index in [2.05, 4.69) is 5.10 Å². The maximum Gasteiger partial charge on any atom is 0.471 e. The maximum absolute atomic E-state index is 13.3. The molecule has 4 rings (SSSR count). The van der Waals surface area contributed by atoms with Gasteiger partial charge in [0.05, 0.1) is 18.8 Å². The van der Waals surface area contributed by atoms with E-state index in [1.54, 1.807) is 17.7 Å². The first kappa shape index (κ1) is 26.0. The molecule has 1 aliphatic heterocycles. The van der Waals surface area contributed by atoms with E-state index in [0.29, 0.717) is 30.3 Å². The highest BCUT2D eigenvalue weighted by Gasteiger charge is 2.42. The Labute approximate surface area is 207 Å². The highest BCUT2D eigenvalue weighted by atomic mass is 19.4. The smallest absolute Gasteiger partial charge is 0.469 e. The summed E-state index contributed by atoms with van der Waals surface area (Å²) in [4.78, 5) is 37.3. The summed E-state index contributed by atoms with van der Waals surface area (Å²) in [6.07, 6.45) is 0.319. The fraction of sp³-hybridized carbons (Fsp3) is 0.600. The van der Waals surface area contributed by atoms with Gasteiger partial charge in [-0.3, -0.25) is 9.59 Å². The zero-order valence-corrected chi connectivity index (χ0v) is 20.5. The molecule has 0 atom stereocenters. The predicted molar refractivity (Wildman–Crippen MR) is 125 cm³/mol. The number of hydrogen-bond acceptors (Lipinski definition) is 5. The van der Waals surface area contributed by atoms with Crippen LogP contribution >= 0.6 is 0 Å².